The standard InChI is InChI=1S/C20H16N2O2/c1-14-7-5-12-18(21-14)22-20(24)17-11-6-10-16(13-17)19(23)15-8-3-2-4-9-15/h2-13H,1H3,(H,21,22,24). The molecule has 4 nitrogen and oxygen atoms in total. The van der Waals surface area contributed by atoms with Crippen molar-refractivity contribution >= 4 is 17.5 Å². The van der Waals surface area contributed by atoms with Gasteiger partial charge in [0.05, 0.1) is 0 Å². The Morgan fingerprint density at radius 1 is 0.792 bits per heavy atom. The summed E-state index contributed by atoms with van der Waals surface area (Å²) in [7, 11) is 0. The second-order valence-electron chi connectivity index (χ2n) is 5.39. The average molecular weight is 316 g/mol. The lowest BCUT2D eigenvalue weighted by atomic mass is 10.0. The average Bonchev–Trinajstić information content (AvgIpc) is 2.62. The Morgan fingerprint density at radius 3 is 2.21 bits per heavy atom. The highest BCUT2D eigenvalue weighted by atomic mass is 16.1. The van der Waals surface area contributed by atoms with Crippen LogP contribution in [-0.4, -0.2) is 16.7 Å². The fraction of sp³-hybridized carbons (Fsp3) is 0.0500. The predicted octanol–water partition coefficient (Wildman–Crippen LogP) is 3.87. The first-order valence-corrected chi connectivity index (χ1v) is 7.58. The minimum Gasteiger partial charge on any atom is -0.307 e. The van der Waals surface area contributed by atoms with Crippen molar-refractivity contribution in [2.24, 2.45) is 0 Å². The van der Waals surface area contributed by atoms with Gasteiger partial charge in [0.2, 0.25) is 0 Å². The Morgan fingerprint density at radius 2 is 1.46 bits per heavy atom. The molecule has 2 aromatic carbocycles. The number of anilines is 1. The summed E-state index contributed by atoms with van der Waals surface area (Å²) in [6, 6.07) is 21.1. The largest absolute Gasteiger partial charge is 0.307 e. The number of aromatic nitrogens is 1. The highest BCUT2D eigenvalue weighted by Gasteiger charge is 2.12. The van der Waals surface area contributed by atoms with Crippen LogP contribution in [0.3, 0.4) is 0 Å². The van der Waals surface area contributed by atoms with E-state index in [9.17, 15) is 9.59 Å². The van der Waals surface area contributed by atoms with Gasteiger partial charge in [-0.1, -0.05) is 48.5 Å². The van der Waals surface area contributed by atoms with Crippen LogP contribution in [0, 0.1) is 6.92 Å². The zero-order valence-electron chi connectivity index (χ0n) is 13.2. The minimum atomic E-state index is -0.296. The van der Waals surface area contributed by atoms with Gasteiger partial charge in [-0.25, -0.2) is 4.98 Å². The molecule has 0 aliphatic rings. The summed E-state index contributed by atoms with van der Waals surface area (Å²) in [6.45, 7) is 1.86. The fourth-order valence-electron chi connectivity index (χ4n) is 2.36. The number of rotatable bonds is 4. The van der Waals surface area contributed by atoms with E-state index in [0.29, 0.717) is 22.5 Å². The lowest BCUT2D eigenvalue weighted by Crippen LogP contribution is -2.14. The number of aryl methyl sites for hydroxylation is 1. The zero-order chi connectivity index (χ0) is 16.9. The third kappa shape index (κ3) is 3.55. The van der Waals surface area contributed by atoms with Crippen molar-refractivity contribution in [2.75, 3.05) is 5.32 Å². The Labute approximate surface area is 140 Å². The lowest BCUT2D eigenvalue weighted by Gasteiger charge is -2.07. The molecule has 0 bridgehead atoms. The summed E-state index contributed by atoms with van der Waals surface area (Å²) >= 11 is 0. The molecule has 0 atom stereocenters. The van der Waals surface area contributed by atoms with Crippen LogP contribution in [-0.2, 0) is 0 Å². The van der Waals surface area contributed by atoms with E-state index in [0.717, 1.165) is 5.69 Å². The summed E-state index contributed by atoms with van der Waals surface area (Å²) in [5, 5.41) is 2.74. The number of carbonyl (C=O) groups excluding carboxylic acids is 2. The van der Waals surface area contributed by atoms with Crippen LogP contribution in [0.25, 0.3) is 0 Å². The van der Waals surface area contributed by atoms with E-state index in [1.807, 2.05) is 37.3 Å². The Hall–Kier alpha value is -3.27. The molecule has 0 spiro atoms. The van der Waals surface area contributed by atoms with E-state index in [-0.39, 0.29) is 11.7 Å². The number of nitrogens with zero attached hydrogens (tertiary/aromatic N) is 1. The van der Waals surface area contributed by atoms with E-state index in [1.165, 1.54) is 0 Å². The normalized spacial score (nSPS) is 10.2. The van der Waals surface area contributed by atoms with Crippen molar-refractivity contribution in [3.8, 4) is 0 Å². The van der Waals surface area contributed by atoms with Crippen molar-refractivity contribution in [2.45, 2.75) is 6.92 Å². The minimum absolute atomic E-state index is 0.112. The monoisotopic (exact) mass is 316 g/mol. The van der Waals surface area contributed by atoms with Crippen molar-refractivity contribution < 1.29 is 9.59 Å². The highest BCUT2D eigenvalue weighted by Crippen LogP contribution is 2.13. The third-order valence-electron chi connectivity index (χ3n) is 3.55. The molecule has 0 unspecified atom stereocenters. The van der Waals surface area contributed by atoms with Crippen LogP contribution in [0.15, 0.2) is 72.8 Å². The first-order valence-electron chi connectivity index (χ1n) is 7.58. The van der Waals surface area contributed by atoms with E-state index in [4.69, 9.17) is 0 Å². The molecular weight excluding hydrogens is 300 g/mol. The summed E-state index contributed by atoms with van der Waals surface area (Å²) in [4.78, 5) is 29.1. The van der Waals surface area contributed by atoms with Gasteiger partial charge in [0, 0.05) is 22.4 Å². The maximum absolute atomic E-state index is 12.5. The van der Waals surface area contributed by atoms with Crippen LogP contribution in [0.1, 0.15) is 32.0 Å². The van der Waals surface area contributed by atoms with Gasteiger partial charge in [-0.2, -0.15) is 0 Å². The molecule has 3 rings (SSSR count). The van der Waals surface area contributed by atoms with Gasteiger partial charge >= 0.3 is 0 Å². The third-order valence-corrected chi connectivity index (χ3v) is 3.55. The molecule has 1 N–H and O–H groups in total. The molecule has 1 amide bonds. The Balaban J connectivity index is 1.82. The summed E-state index contributed by atoms with van der Waals surface area (Å²) in [6.07, 6.45) is 0. The molecule has 0 fully saturated rings. The van der Waals surface area contributed by atoms with Crippen LogP contribution in [0.2, 0.25) is 0 Å². The maximum Gasteiger partial charge on any atom is 0.256 e. The number of pyridine rings is 1. The number of hydrogen-bond donors (Lipinski definition) is 1. The van der Waals surface area contributed by atoms with Gasteiger partial charge in [-0.15, -0.1) is 0 Å². The number of ketones is 1. The van der Waals surface area contributed by atoms with E-state index < -0.39 is 0 Å². The molecular formula is C20H16N2O2. The molecule has 1 heterocycles. The molecule has 0 saturated carbocycles. The van der Waals surface area contributed by atoms with Gasteiger partial charge < -0.3 is 5.32 Å². The molecule has 1 aromatic heterocycles. The van der Waals surface area contributed by atoms with E-state index in [1.54, 1.807) is 42.5 Å². The molecule has 118 valence electrons. The number of carbonyl (C=O) groups is 2. The lowest BCUT2D eigenvalue weighted by molar-refractivity contribution is 0.102. The van der Waals surface area contributed by atoms with Gasteiger partial charge in [0.15, 0.2) is 5.78 Å². The summed E-state index contributed by atoms with van der Waals surface area (Å²) in [5.74, 6) is 0.0783. The number of amides is 1. The highest BCUT2D eigenvalue weighted by molar-refractivity contribution is 6.11. The smallest absolute Gasteiger partial charge is 0.256 e. The first kappa shape index (κ1) is 15.6. The van der Waals surface area contributed by atoms with Crippen LogP contribution >= 0.6 is 0 Å². The molecule has 0 aliphatic carbocycles. The van der Waals surface area contributed by atoms with Crippen molar-refractivity contribution in [3.05, 3.63) is 95.2 Å². The predicted molar refractivity (Wildman–Crippen MR) is 93.2 cm³/mol. The van der Waals surface area contributed by atoms with Crippen molar-refractivity contribution in [1.29, 1.82) is 0 Å². The quantitative estimate of drug-likeness (QED) is 0.743. The second-order valence-corrected chi connectivity index (χ2v) is 5.39. The van der Waals surface area contributed by atoms with Gasteiger partial charge in [-0.3, -0.25) is 9.59 Å². The SMILES string of the molecule is Cc1cccc(NC(=O)c2cccc(C(=O)c3ccccc3)c2)n1. The van der Waals surface area contributed by atoms with Crippen LogP contribution in [0.4, 0.5) is 5.82 Å². The number of hydrogen-bond acceptors (Lipinski definition) is 3. The molecule has 3 aromatic rings. The number of nitrogens with one attached hydrogen (secondary N) is 1. The van der Waals surface area contributed by atoms with E-state index in [2.05, 4.69) is 10.3 Å². The topological polar surface area (TPSA) is 59.1 Å². The van der Waals surface area contributed by atoms with Gasteiger partial charge in [-0.05, 0) is 31.2 Å². The second kappa shape index (κ2) is 6.87. The fourth-order valence-corrected chi connectivity index (χ4v) is 2.36. The van der Waals surface area contributed by atoms with Gasteiger partial charge in [0.25, 0.3) is 5.91 Å². The Bertz CT molecular complexity index is 889. The maximum atomic E-state index is 12.5. The summed E-state index contributed by atoms with van der Waals surface area (Å²) < 4.78 is 0. The molecule has 4 heteroatoms. The van der Waals surface area contributed by atoms with Crippen LogP contribution in [0.5, 0.6) is 0 Å². The first-order chi connectivity index (χ1) is 11.6. The van der Waals surface area contributed by atoms with Crippen molar-refractivity contribution in [3.63, 3.8) is 0 Å². The Kier molecular flexibility index (Phi) is 4.47. The van der Waals surface area contributed by atoms with Crippen molar-refractivity contribution in [1.82, 2.24) is 4.98 Å². The van der Waals surface area contributed by atoms with Gasteiger partial charge in [0.1, 0.15) is 5.82 Å². The summed E-state index contributed by atoms with van der Waals surface area (Å²) in [5.41, 5.74) is 2.31. The molecule has 0 aliphatic heterocycles. The number of benzene rings is 2. The molecule has 0 radical (unpaired) electrons. The van der Waals surface area contributed by atoms with Crippen LogP contribution < -0.4 is 5.32 Å². The molecule has 24 heavy (non-hydrogen) atoms. The van der Waals surface area contributed by atoms with E-state index >= 15 is 0 Å². The zero-order valence-corrected chi connectivity index (χ0v) is 13.2. The molecule has 0 saturated heterocycles.